The first kappa shape index (κ1) is 16.1. The fraction of sp³-hybridized carbons (Fsp3) is 0.625. The van der Waals surface area contributed by atoms with Crippen molar-refractivity contribution >= 4 is 0 Å². The fourth-order valence-electron chi connectivity index (χ4n) is 3.36. The van der Waals surface area contributed by atoms with Crippen molar-refractivity contribution in [1.82, 2.24) is 5.43 Å². The Balaban J connectivity index is 2.41. The average molecular weight is 294 g/mol. The number of methoxy groups -OCH3 is 2. The highest BCUT2D eigenvalue weighted by Gasteiger charge is 2.42. The van der Waals surface area contributed by atoms with E-state index in [0.29, 0.717) is 5.92 Å². The molecule has 5 atom stereocenters. The minimum absolute atomic E-state index is 0.0509. The minimum atomic E-state index is -0.0509. The van der Waals surface area contributed by atoms with E-state index in [0.717, 1.165) is 17.1 Å². The van der Waals surface area contributed by atoms with Gasteiger partial charge in [-0.15, -0.1) is 0 Å². The monoisotopic (exact) mass is 294 g/mol. The van der Waals surface area contributed by atoms with Crippen LogP contribution >= 0.6 is 0 Å². The lowest BCUT2D eigenvalue weighted by molar-refractivity contribution is 0.0474. The highest BCUT2D eigenvalue weighted by Crippen LogP contribution is 2.43. The maximum absolute atomic E-state index is 5.95. The first-order chi connectivity index (χ1) is 10.0. The summed E-state index contributed by atoms with van der Waals surface area (Å²) in [7, 11) is 3.32. The van der Waals surface area contributed by atoms with Crippen LogP contribution in [0, 0.1) is 11.8 Å². The standard InChI is InChI=1S/C16H26N2O3/c1-9-10(2)21-11(3)15(9)16(18-17)13-8-12(19-4)6-7-14(13)20-5/h6-11,15-16,18H,17H2,1-5H3. The van der Waals surface area contributed by atoms with Gasteiger partial charge in [0.2, 0.25) is 0 Å². The highest BCUT2D eigenvalue weighted by molar-refractivity contribution is 5.42. The molecule has 0 bridgehead atoms. The molecule has 3 N–H and O–H groups in total. The van der Waals surface area contributed by atoms with E-state index in [1.165, 1.54) is 0 Å². The molecule has 1 saturated heterocycles. The van der Waals surface area contributed by atoms with Crippen molar-refractivity contribution in [1.29, 1.82) is 0 Å². The van der Waals surface area contributed by atoms with Crippen LogP contribution in [0.1, 0.15) is 32.4 Å². The molecule has 1 aliphatic rings. The van der Waals surface area contributed by atoms with E-state index in [-0.39, 0.29) is 24.2 Å². The van der Waals surface area contributed by atoms with Gasteiger partial charge in [-0.1, -0.05) is 6.92 Å². The molecule has 0 amide bonds. The van der Waals surface area contributed by atoms with Crippen molar-refractivity contribution in [3.05, 3.63) is 23.8 Å². The fourth-order valence-corrected chi connectivity index (χ4v) is 3.36. The number of nitrogens with one attached hydrogen (secondary N) is 1. The van der Waals surface area contributed by atoms with Gasteiger partial charge in [0.25, 0.3) is 0 Å². The van der Waals surface area contributed by atoms with Gasteiger partial charge >= 0.3 is 0 Å². The van der Waals surface area contributed by atoms with E-state index in [9.17, 15) is 0 Å². The van der Waals surface area contributed by atoms with Gasteiger partial charge in [0.1, 0.15) is 11.5 Å². The van der Waals surface area contributed by atoms with Crippen molar-refractivity contribution in [2.24, 2.45) is 17.7 Å². The number of rotatable bonds is 5. The number of hydrogen-bond donors (Lipinski definition) is 2. The van der Waals surface area contributed by atoms with Crippen LogP contribution in [0.15, 0.2) is 18.2 Å². The van der Waals surface area contributed by atoms with E-state index in [4.69, 9.17) is 20.1 Å². The molecule has 5 nitrogen and oxygen atoms in total. The predicted octanol–water partition coefficient (Wildman–Crippen LogP) is 2.27. The summed E-state index contributed by atoms with van der Waals surface area (Å²) < 4.78 is 16.8. The molecular weight excluding hydrogens is 268 g/mol. The molecule has 0 aromatic heterocycles. The summed E-state index contributed by atoms with van der Waals surface area (Å²) in [6.07, 6.45) is 0.351. The molecule has 0 aliphatic carbocycles. The summed E-state index contributed by atoms with van der Waals surface area (Å²) in [4.78, 5) is 0. The molecule has 21 heavy (non-hydrogen) atoms. The summed E-state index contributed by atoms with van der Waals surface area (Å²) in [6.45, 7) is 6.41. The summed E-state index contributed by atoms with van der Waals surface area (Å²) in [5.74, 6) is 8.13. The van der Waals surface area contributed by atoms with Gasteiger partial charge in [-0.3, -0.25) is 11.3 Å². The Bertz CT molecular complexity index is 481. The van der Waals surface area contributed by atoms with Crippen LogP contribution in [-0.4, -0.2) is 26.4 Å². The van der Waals surface area contributed by atoms with Crippen LogP contribution in [0.2, 0.25) is 0 Å². The van der Waals surface area contributed by atoms with Gasteiger partial charge in [-0.25, -0.2) is 0 Å². The van der Waals surface area contributed by atoms with Gasteiger partial charge in [-0.05, 0) is 38.0 Å². The van der Waals surface area contributed by atoms with E-state index in [1.807, 2.05) is 18.2 Å². The zero-order valence-corrected chi connectivity index (χ0v) is 13.4. The Kier molecular flexibility index (Phi) is 5.08. The lowest BCUT2D eigenvalue weighted by Crippen LogP contribution is -2.38. The topological polar surface area (TPSA) is 65.7 Å². The Hall–Kier alpha value is -1.30. The molecule has 0 saturated carbocycles. The largest absolute Gasteiger partial charge is 0.497 e. The molecule has 5 unspecified atom stereocenters. The van der Waals surface area contributed by atoms with Crippen molar-refractivity contribution in [3.8, 4) is 11.5 Å². The number of ether oxygens (including phenoxy) is 3. The first-order valence-corrected chi connectivity index (χ1v) is 7.37. The maximum atomic E-state index is 5.95. The van der Waals surface area contributed by atoms with Crippen molar-refractivity contribution in [2.75, 3.05) is 14.2 Å². The quantitative estimate of drug-likeness (QED) is 0.644. The van der Waals surface area contributed by atoms with E-state index in [2.05, 4.69) is 26.2 Å². The number of benzene rings is 1. The third-order valence-corrected chi connectivity index (χ3v) is 4.66. The minimum Gasteiger partial charge on any atom is -0.497 e. The molecule has 1 heterocycles. The normalized spacial score (nSPS) is 30.2. The molecule has 1 aliphatic heterocycles. The molecule has 1 aromatic rings. The Morgan fingerprint density at radius 1 is 1.14 bits per heavy atom. The second-order valence-electron chi connectivity index (χ2n) is 5.74. The molecule has 0 spiro atoms. The van der Waals surface area contributed by atoms with Crippen molar-refractivity contribution in [3.63, 3.8) is 0 Å². The highest BCUT2D eigenvalue weighted by atomic mass is 16.5. The van der Waals surface area contributed by atoms with Crippen LogP contribution in [0.4, 0.5) is 0 Å². The summed E-state index contributed by atoms with van der Waals surface area (Å²) in [5.41, 5.74) is 3.95. The van der Waals surface area contributed by atoms with Crippen LogP contribution in [0.25, 0.3) is 0 Å². The first-order valence-electron chi connectivity index (χ1n) is 7.37. The number of hydrogen-bond acceptors (Lipinski definition) is 5. The SMILES string of the molecule is COc1ccc(OC)c(C(NN)C2C(C)OC(C)C2C)c1. The summed E-state index contributed by atoms with van der Waals surface area (Å²) >= 11 is 0. The summed E-state index contributed by atoms with van der Waals surface area (Å²) in [6, 6.07) is 5.72. The predicted molar refractivity (Wildman–Crippen MR) is 82.3 cm³/mol. The molecule has 1 aromatic carbocycles. The Labute approximate surface area is 126 Å². The van der Waals surface area contributed by atoms with E-state index >= 15 is 0 Å². The third-order valence-electron chi connectivity index (χ3n) is 4.66. The second-order valence-corrected chi connectivity index (χ2v) is 5.74. The molecule has 1 fully saturated rings. The van der Waals surface area contributed by atoms with Crippen LogP contribution < -0.4 is 20.7 Å². The van der Waals surface area contributed by atoms with Crippen LogP contribution in [-0.2, 0) is 4.74 Å². The molecular formula is C16H26N2O3. The number of hydrazine groups is 1. The Morgan fingerprint density at radius 2 is 1.86 bits per heavy atom. The van der Waals surface area contributed by atoms with Crippen molar-refractivity contribution in [2.45, 2.75) is 39.0 Å². The van der Waals surface area contributed by atoms with Gasteiger partial charge in [0, 0.05) is 11.5 Å². The molecule has 5 heteroatoms. The molecule has 118 valence electrons. The third kappa shape index (κ3) is 3.00. The maximum Gasteiger partial charge on any atom is 0.123 e. The van der Waals surface area contributed by atoms with Gasteiger partial charge in [0.05, 0.1) is 32.5 Å². The molecule has 0 radical (unpaired) electrons. The average Bonchev–Trinajstić information content (AvgIpc) is 2.74. The summed E-state index contributed by atoms with van der Waals surface area (Å²) in [5, 5.41) is 0. The van der Waals surface area contributed by atoms with Gasteiger partial charge < -0.3 is 14.2 Å². The lowest BCUT2D eigenvalue weighted by Gasteiger charge is -2.30. The van der Waals surface area contributed by atoms with Crippen molar-refractivity contribution < 1.29 is 14.2 Å². The zero-order valence-electron chi connectivity index (χ0n) is 13.4. The zero-order chi connectivity index (χ0) is 15.6. The lowest BCUT2D eigenvalue weighted by atomic mass is 9.80. The van der Waals surface area contributed by atoms with Gasteiger partial charge in [-0.2, -0.15) is 0 Å². The van der Waals surface area contributed by atoms with Crippen LogP contribution in [0.3, 0.4) is 0 Å². The smallest absolute Gasteiger partial charge is 0.123 e. The van der Waals surface area contributed by atoms with Crippen LogP contribution in [0.5, 0.6) is 11.5 Å². The van der Waals surface area contributed by atoms with Gasteiger partial charge in [0.15, 0.2) is 0 Å². The van der Waals surface area contributed by atoms with E-state index in [1.54, 1.807) is 14.2 Å². The van der Waals surface area contributed by atoms with E-state index < -0.39 is 0 Å². The molecule has 2 rings (SSSR count). The Morgan fingerprint density at radius 3 is 2.33 bits per heavy atom. The second kappa shape index (κ2) is 6.64. The number of nitrogens with two attached hydrogens (primary N) is 1.